The van der Waals surface area contributed by atoms with Crippen molar-refractivity contribution in [3.63, 3.8) is 0 Å². The fourth-order valence-corrected chi connectivity index (χ4v) is 1.92. The number of aliphatic hydroxyl groups excluding tert-OH is 1. The van der Waals surface area contributed by atoms with E-state index in [4.69, 9.17) is 4.42 Å². The van der Waals surface area contributed by atoms with Crippen molar-refractivity contribution in [2.24, 2.45) is 0 Å². The third-order valence-corrected chi connectivity index (χ3v) is 2.95. The highest BCUT2D eigenvalue weighted by atomic mass is 16.4. The smallest absolute Gasteiger partial charge is 0.132 e. The third kappa shape index (κ3) is 5.36. The van der Waals surface area contributed by atoms with Crippen LogP contribution in [0.3, 0.4) is 0 Å². The van der Waals surface area contributed by atoms with E-state index < -0.39 is 6.10 Å². The van der Waals surface area contributed by atoms with Crippen LogP contribution < -0.4 is 0 Å². The highest BCUT2D eigenvalue weighted by Crippen LogP contribution is 2.20. The van der Waals surface area contributed by atoms with Gasteiger partial charge in [0.2, 0.25) is 0 Å². The summed E-state index contributed by atoms with van der Waals surface area (Å²) in [4.78, 5) is 0. The topological polar surface area (TPSA) is 33.4 Å². The zero-order chi connectivity index (χ0) is 11.6. The van der Waals surface area contributed by atoms with Gasteiger partial charge in [0.25, 0.3) is 0 Å². The maximum atomic E-state index is 9.76. The minimum Gasteiger partial charge on any atom is -0.467 e. The van der Waals surface area contributed by atoms with Gasteiger partial charge in [-0.1, -0.05) is 51.9 Å². The van der Waals surface area contributed by atoms with Crippen LogP contribution in [0.5, 0.6) is 0 Å². The molecule has 1 rings (SSSR count). The van der Waals surface area contributed by atoms with Gasteiger partial charge in [0.15, 0.2) is 0 Å². The van der Waals surface area contributed by atoms with E-state index in [1.54, 1.807) is 6.26 Å². The highest BCUT2D eigenvalue weighted by molar-refractivity contribution is 5.01. The summed E-state index contributed by atoms with van der Waals surface area (Å²) in [5.74, 6) is 0.700. The van der Waals surface area contributed by atoms with E-state index in [9.17, 15) is 5.11 Å². The SMILES string of the molecule is CCCCCCCCCC(O)c1ccco1. The molecule has 16 heavy (non-hydrogen) atoms. The lowest BCUT2D eigenvalue weighted by Crippen LogP contribution is -1.95. The Labute approximate surface area is 98.7 Å². The summed E-state index contributed by atoms with van der Waals surface area (Å²) in [7, 11) is 0. The van der Waals surface area contributed by atoms with E-state index >= 15 is 0 Å². The number of unbranched alkanes of at least 4 members (excludes halogenated alkanes) is 6. The first-order valence-corrected chi connectivity index (χ1v) is 6.56. The minimum atomic E-state index is -0.411. The molecule has 0 aliphatic heterocycles. The van der Waals surface area contributed by atoms with Crippen molar-refractivity contribution >= 4 is 0 Å². The van der Waals surface area contributed by atoms with Gasteiger partial charge in [0.05, 0.1) is 6.26 Å². The lowest BCUT2D eigenvalue weighted by Gasteiger charge is -2.07. The van der Waals surface area contributed by atoms with Crippen molar-refractivity contribution in [1.82, 2.24) is 0 Å². The molecule has 1 aromatic heterocycles. The number of rotatable bonds is 9. The normalized spacial score (nSPS) is 12.9. The van der Waals surface area contributed by atoms with Gasteiger partial charge in [-0.3, -0.25) is 0 Å². The first-order valence-electron chi connectivity index (χ1n) is 6.56. The number of hydrogen-bond donors (Lipinski definition) is 1. The fourth-order valence-electron chi connectivity index (χ4n) is 1.92. The second-order valence-electron chi connectivity index (χ2n) is 4.44. The Hall–Kier alpha value is -0.760. The molecule has 0 aliphatic carbocycles. The second kappa shape index (κ2) is 8.40. The molecule has 0 aliphatic rings. The first kappa shape index (κ1) is 13.3. The van der Waals surface area contributed by atoms with Crippen LogP contribution in [0.15, 0.2) is 22.8 Å². The number of hydrogen-bond acceptors (Lipinski definition) is 2. The maximum Gasteiger partial charge on any atom is 0.132 e. The van der Waals surface area contributed by atoms with E-state index in [2.05, 4.69) is 6.92 Å². The monoisotopic (exact) mass is 224 g/mol. The van der Waals surface area contributed by atoms with Crippen LogP contribution in [0.1, 0.15) is 70.2 Å². The Morgan fingerprint density at radius 1 is 1.12 bits per heavy atom. The Morgan fingerprint density at radius 2 is 1.81 bits per heavy atom. The molecular weight excluding hydrogens is 200 g/mol. The largest absolute Gasteiger partial charge is 0.467 e. The van der Waals surface area contributed by atoms with Crippen molar-refractivity contribution in [1.29, 1.82) is 0 Å². The lowest BCUT2D eigenvalue weighted by atomic mass is 10.1. The fraction of sp³-hybridized carbons (Fsp3) is 0.714. The molecule has 92 valence electrons. The Balaban J connectivity index is 1.95. The second-order valence-corrected chi connectivity index (χ2v) is 4.44. The van der Waals surface area contributed by atoms with Crippen molar-refractivity contribution in [2.45, 2.75) is 64.4 Å². The molecule has 0 fully saturated rings. The summed E-state index contributed by atoms with van der Waals surface area (Å²) < 4.78 is 5.16. The van der Waals surface area contributed by atoms with Crippen LogP contribution in [0.4, 0.5) is 0 Å². The zero-order valence-electron chi connectivity index (χ0n) is 10.3. The molecule has 0 radical (unpaired) electrons. The molecule has 2 heteroatoms. The maximum absolute atomic E-state index is 9.76. The molecule has 1 unspecified atom stereocenters. The average molecular weight is 224 g/mol. The van der Waals surface area contributed by atoms with Crippen LogP contribution in [0.25, 0.3) is 0 Å². The van der Waals surface area contributed by atoms with E-state index in [1.165, 1.54) is 38.5 Å². The molecule has 2 nitrogen and oxygen atoms in total. The van der Waals surface area contributed by atoms with Crippen molar-refractivity contribution in [2.75, 3.05) is 0 Å². The predicted octanol–water partition coefficient (Wildman–Crippen LogP) is 4.45. The first-order chi connectivity index (χ1) is 7.84. The molecule has 1 heterocycles. The zero-order valence-corrected chi connectivity index (χ0v) is 10.3. The van der Waals surface area contributed by atoms with Crippen molar-refractivity contribution in [3.8, 4) is 0 Å². The Bertz CT molecular complexity index is 241. The standard InChI is InChI=1S/C14H24O2/c1-2-3-4-5-6-7-8-10-13(15)14-11-9-12-16-14/h9,11-13,15H,2-8,10H2,1H3. The van der Waals surface area contributed by atoms with Gasteiger partial charge in [-0.25, -0.2) is 0 Å². The highest BCUT2D eigenvalue weighted by Gasteiger charge is 2.08. The van der Waals surface area contributed by atoms with Gasteiger partial charge in [0, 0.05) is 0 Å². The molecule has 0 aromatic carbocycles. The van der Waals surface area contributed by atoms with Crippen molar-refractivity contribution in [3.05, 3.63) is 24.2 Å². The summed E-state index contributed by atoms with van der Waals surface area (Å²) in [6.07, 6.45) is 11.0. The average Bonchev–Trinajstić information content (AvgIpc) is 2.81. The van der Waals surface area contributed by atoms with Crippen LogP contribution in [-0.4, -0.2) is 5.11 Å². The number of aliphatic hydroxyl groups is 1. The van der Waals surface area contributed by atoms with Gasteiger partial charge in [0.1, 0.15) is 11.9 Å². The van der Waals surface area contributed by atoms with Crippen LogP contribution in [-0.2, 0) is 0 Å². The van der Waals surface area contributed by atoms with Crippen LogP contribution >= 0.6 is 0 Å². The number of furan rings is 1. The van der Waals surface area contributed by atoms with Gasteiger partial charge < -0.3 is 9.52 Å². The lowest BCUT2D eigenvalue weighted by molar-refractivity contribution is 0.136. The molecular formula is C14H24O2. The molecule has 1 atom stereocenters. The van der Waals surface area contributed by atoms with E-state index in [0.29, 0.717) is 5.76 Å². The van der Waals surface area contributed by atoms with E-state index in [-0.39, 0.29) is 0 Å². The molecule has 0 spiro atoms. The van der Waals surface area contributed by atoms with Gasteiger partial charge in [-0.2, -0.15) is 0 Å². The Kier molecular flexibility index (Phi) is 6.98. The predicted molar refractivity (Wildman–Crippen MR) is 66.3 cm³/mol. The summed E-state index contributed by atoms with van der Waals surface area (Å²) >= 11 is 0. The van der Waals surface area contributed by atoms with E-state index in [1.807, 2.05) is 12.1 Å². The van der Waals surface area contributed by atoms with Gasteiger partial charge in [-0.15, -0.1) is 0 Å². The van der Waals surface area contributed by atoms with Crippen LogP contribution in [0.2, 0.25) is 0 Å². The summed E-state index contributed by atoms with van der Waals surface area (Å²) in [6, 6.07) is 3.66. The van der Waals surface area contributed by atoms with E-state index in [0.717, 1.165) is 12.8 Å². The molecule has 1 N–H and O–H groups in total. The Morgan fingerprint density at radius 3 is 2.44 bits per heavy atom. The molecule has 0 amide bonds. The van der Waals surface area contributed by atoms with Crippen molar-refractivity contribution < 1.29 is 9.52 Å². The molecule has 0 bridgehead atoms. The quantitative estimate of drug-likeness (QED) is 0.628. The molecule has 0 saturated heterocycles. The third-order valence-electron chi connectivity index (χ3n) is 2.95. The summed E-state index contributed by atoms with van der Waals surface area (Å²) in [5, 5.41) is 9.76. The minimum absolute atomic E-state index is 0.411. The molecule has 1 aromatic rings. The van der Waals surface area contributed by atoms with Crippen LogP contribution in [0, 0.1) is 0 Å². The summed E-state index contributed by atoms with van der Waals surface area (Å²) in [5.41, 5.74) is 0. The molecule has 0 saturated carbocycles. The van der Waals surface area contributed by atoms with Gasteiger partial charge in [-0.05, 0) is 18.6 Å². The van der Waals surface area contributed by atoms with Gasteiger partial charge >= 0.3 is 0 Å². The summed E-state index contributed by atoms with van der Waals surface area (Å²) in [6.45, 7) is 2.24.